The van der Waals surface area contributed by atoms with Crippen LogP contribution in [-0.4, -0.2) is 36.0 Å². The second-order valence-corrected chi connectivity index (χ2v) is 4.71. The van der Waals surface area contributed by atoms with Crippen molar-refractivity contribution in [1.29, 1.82) is 0 Å². The van der Waals surface area contributed by atoms with Crippen LogP contribution in [0.2, 0.25) is 0 Å². The first kappa shape index (κ1) is 10.9. The van der Waals surface area contributed by atoms with Gasteiger partial charge < -0.3 is 10.2 Å². The van der Waals surface area contributed by atoms with Crippen LogP contribution in [0.4, 0.5) is 0 Å². The van der Waals surface area contributed by atoms with E-state index in [0.717, 1.165) is 25.9 Å². The topological polar surface area (TPSA) is 32.3 Å². The number of hydrogen-bond donors (Lipinski definition) is 1. The molecular formula is C12H22N2O. The summed E-state index contributed by atoms with van der Waals surface area (Å²) in [7, 11) is 0. The molecule has 0 radical (unpaired) electrons. The molecule has 1 aliphatic heterocycles. The molecule has 3 nitrogen and oxygen atoms in total. The molecule has 3 heteroatoms. The van der Waals surface area contributed by atoms with Gasteiger partial charge in [-0.1, -0.05) is 12.8 Å². The van der Waals surface area contributed by atoms with Crippen LogP contribution in [0, 0.1) is 0 Å². The molecule has 0 aromatic carbocycles. The van der Waals surface area contributed by atoms with E-state index >= 15 is 0 Å². The lowest BCUT2D eigenvalue weighted by Crippen LogP contribution is -2.47. The van der Waals surface area contributed by atoms with E-state index in [2.05, 4.69) is 17.1 Å². The highest BCUT2D eigenvalue weighted by atomic mass is 16.2. The van der Waals surface area contributed by atoms with E-state index in [1.807, 2.05) is 0 Å². The second-order valence-electron chi connectivity index (χ2n) is 4.71. The zero-order valence-electron chi connectivity index (χ0n) is 9.67. The molecule has 86 valence electrons. The van der Waals surface area contributed by atoms with Crippen LogP contribution >= 0.6 is 0 Å². The molecule has 1 unspecified atom stereocenters. The smallest absolute Gasteiger partial charge is 0.239 e. The maximum absolute atomic E-state index is 12.2. The first-order chi connectivity index (χ1) is 7.33. The number of carbonyl (C=O) groups excluding carboxylic acids is 1. The van der Waals surface area contributed by atoms with Gasteiger partial charge in [0, 0.05) is 12.6 Å². The molecule has 2 aliphatic rings. The van der Waals surface area contributed by atoms with Crippen LogP contribution in [-0.2, 0) is 4.79 Å². The van der Waals surface area contributed by atoms with Crippen molar-refractivity contribution in [1.82, 2.24) is 10.2 Å². The Kier molecular flexibility index (Phi) is 3.62. The Hall–Kier alpha value is -0.570. The molecule has 2 fully saturated rings. The van der Waals surface area contributed by atoms with Gasteiger partial charge >= 0.3 is 0 Å². The van der Waals surface area contributed by atoms with Gasteiger partial charge in [-0.2, -0.15) is 0 Å². The van der Waals surface area contributed by atoms with Gasteiger partial charge in [0.1, 0.15) is 0 Å². The molecule has 2 rings (SSSR count). The third kappa shape index (κ3) is 2.33. The van der Waals surface area contributed by atoms with Gasteiger partial charge in [0.05, 0.1) is 6.04 Å². The van der Waals surface area contributed by atoms with Gasteiger partial charge in [-0.3, -0.25) is 4.79 Å². The van der Waals surface area contributed by atoms with Crippen LogP contribution < -0.4 is 5.32 Å². The lowest BCUT2D eigenvalue weighted by molar-refractivity contribution is -0.135. The minimum absolute atomic E-state index is 0.116. The maximum Gasteiger partial charge on any atom is 0.239 e. The Bertz CT molecular complexity index is 218. The summed E-state index contributed by atoms with van der Waals surface area (Å²) in [6, 6.07) is 0.649. The summed E-state index contributed by atoms with van der Waals surface area (Å²) in [6.07, 6.45) is 7.21. The van der Waals surface area contributed by atoms with E-state index in [-0.39, 0.29) is 6.04 Å². The fourth-order valence-corrected chi connectivity index (χ4v) is 2.91. The van der Waals surface area contributed by atoms with Crippen LogP contribution in [0.3, 0.4) is 0 Å². The van der Waals surface area contributed by atoms with Gasteiger partial charge in [0.25, 0.3) is 0 Å². The van der Waals surface area contributed by atoms with Gasteiger partial charge in [-0.15, -0.1) is 0 Å². The quantitative estimate of drug-likeness (QED) is 0.766. The fraction of sp³-hybridized carbons (Fsp3) is 0.917. The van der Waals surface area contributed by atoms with Crippen molar-refractivity contribution < 1.29 is 4.79 Å². The Morgan fingerprint density at radius 1 is 1.27 bits per heavy atom. The minimum atomic E-state index is 0.116. The van der Waals surface area contributed by atoms with Gasteiger partial charge in [-0.25, -0.2) is 0 Å². The molecule has 0 bridgehead atoms. The van der Waals surface area contributed by atoms with Crippen molar-refractivity contribution in [3.63, 3.8) is 0 Å². The van der Waals surface area contributed by atoms with Crippen molar-refractivity contribution in [2.75, 3.05) is 13.1 Å². The molecule has 1 amide bonds. The molecule has 1 N–H and O–H groups in total. The monoisotopic (exact) mass is 210 g/mol. The van der Waals surface area contributed by atoms with Crippen molar-refractivity contribution >= 4 is 5.91 Å². The Morgan fingerprint density at radius 3 is 2.53 bits per heavy atom. The first-order valence-electron chi connectivity index (χ1n) is 6.36. The predicted molar refractivity (Wildman–Crippen MR) is 60.7 cm³/mol. The molecule has 0 aromatic rings. The second kappa shape index (κ2) is 4.97. The van der Waals surface area contributed by atoms with Crippen LogP contribution in [0.1, 0.15) is 45.4 Å². The molecule has 0 spiro atoms. The summed E-state index contributed by atoms with van der Waals surface area (Å²) in [4.78, 5) is 14.3. The largest absolute Gasteiger partial charge is 0.339 e. The molecular weight excluding hydrogens is 188 g/mol. The predicted octanol–water partition coefficient (Wildman–Crippen LogP) is 1.53. The van der Waals surface area contributed by atoms with Crippen molar-refractivity contribution in [3.05, 3.63) is 0 Å². The number of rotatable bonds is 3. The van der Waals surface area contributed by atoms with Crippen molar-refractivity contribution in [3.8, 4) is 0 Å². The number of nitrogens with zero attached hydrogens (tertiary/aromatic N) is 1. The summed E-state index contributed by atoms with van der Waals surface area (Å²) in [5.74, 6) is 0.349. The lowest BCUT2D eigenvalue weighted by Gasteiger charge is -2.30. The summed E-state index contributed by atoms with van der Waals surface area (Å²) >= 11 is 0. The molecule has 1 atom stereocenters. The molecule has 1 aliphatic carbocycles. The molecule has 0 aromatic heterocycles. The van der Waals surface area contributed by atoms with Crippen LogP contribution in [0.25, 0.3) is 0 Å². The van der Waals surface area contributed by atoms with E-state index in [1.54, 1.807) is 0 Å². The summed E-state index contributed by atoms with van der Waals surface area (Å²) < 4.78 is 0. The third-order valence-corrected chi connectivity index (χ3v) is 3.75. The Labute approximate surface area is 92.2 Å². The average Bonchev–Trinajstić information content (AvgIpc) is 2.91. The zero-order valence-corrected chi connectivity index (χ0v) is 9.67. The van der Waals surface area contributed by atoms with Gasteiger partial charge in [0.2, 0.25) is 5.91 Å². The van der Waals surface area contributed by atoms with Crippen LogP contribution in [0.15, 0.2) is 0 Å². The van der Waals surface area contributed by atoms with E-state index in [9.17, 15) is 4.79 Å². The maximum atomic E-state index is 12.2. The standard InChI is InChI=1S/C12H22N2O/c1-2-14(10-6-3-4-7-10)12(15)11-8-5-9-13-11/h10-11,13H,2-9H2,1H3. The van der Waals surface area contributed by atoms with E-state index < -0.39 is 0 Å². The lowest BCUT2D eigenvalue weighted by atomic mass is 10.1. The highest BCUT2D eigenvalue weighted by molar-refractivity contribution is 5.82. The summed E-state index contributed by atoms with van der Waals surface area (Å²) in [5.41, 5.74) is 0. The van der Waals surface area contributed by atoms with E-state index in [1.165, 1.54) is 25.7 Å². The molecule has 15 heavy (non-hydrogen) atoms. The molecule has 1 saturated carbocycles. The highest BCUT2D eigenvalue weighted by Gasteiger charge is 2.31. The van der Waals surface area contributed by atoms with Gasteiger partial charge in [0.15, 0.2) is 0 Å². The van der Waals surface area contributed by atoms with Crippen molar-refractivity contribution in [2.45, 2.75) is 57.5 Å². The number of carbonyl (C=O) groups is 1. The van der Waals surface area contributed by atoms with E-state index in [4.69, 9.17) is 0 Å². The number of amides is 1. The van der Waals surface area contributed by atoms with Crippen molar-refractivity contribution in [2.24, 2.45) is 0 Å². The zero-order chi connectivity index (χ0) is 10.7. The Balaban J connectivity index is 1.95. The van der Waals surface area contributed by atoms with Gasteiger partial charge in [-0.05, 0) is 39.2 Å². The SMILES string of the molecule is CCN(C(=O)C1CCCN1)C1CCCC1. The number of likely N-dealkylation sites (N-methyl/N-ethyl adjacent to an activating group) is 1. The fourth-order valence-electron chi connectivity index (χ4n) is 2.91. The summed E-state index contributed by atoms with van der Waals surface area (Å²) in [6.45, 7) is 3.99. The molecule has 1 saturated heterocycles. The Morgan fingerprint density at radius 2 is 2.00 bits per heavy atom. The highest BCUT2D eigenvalue weighted by Crippen LogP contribution is 2.24. The third-order valence-electron chi connectivity index (χ3n) is 3.75. The van der Waals surface area contributed by atoms with Crippen LogP contribution in [0.5, 0.6) is 0 Å². The number of hydrogen-bond acceptors (Lipinski definition) is 2. The number of nitrogens with one attached hydrogen (secondary N) is 1. The van der Waals surface area contributed by atoms with E-state index in [0.29, 0.717) is 11.9 Å². The first-order valence-corrected chi connectivity index (χ1v) is 6.36. The minimum Gasteiger partial charge on any atom is -0.339 e. The molecule has 1 heterocycles. The summed E-state index contributed by atoms with van der Waals surface area (Å²) in [5, 5.41) is 3.30. The normalized spacial score (nSPS) is 27.1. The average molecular weight is 210 g/mol.